The van der Waals surface area contributed by atoms with Gasteiger partial charge >= 0.3 is 0 Å². The number of nitrogen functional groups attached to an aromatic ring is 2. The van der Waals surface area contributed by atoms with E-state index in [4.69, 9.17) is 16.2 Å². The Bertz CT molecular complexity index is 1330. The summed E-state index contributed by atoms with van der Waals surface area (Å²) in [7, 11) is 1.67. The highest BCUT2D eigenvalue weighted by atomic mass is 32.1. The molecule has 1 saturated heterocycles. The van der Waals surface area contributed by atoms with E-state index in [9.17, 15) is 4.79 Å². The van der Waals surface area contributed by atoms with Crippen molar-refractivity contribution < 1.29 is 9.53 Å². The van der Waals surface area contributed by atoms with E-state index in [1.54, 1.807) is 18.4 Å². The van der Waals surface area contributed by atoms with Gasteiger partial charge in [0.2, 0.25) is 0 Å². The Morgan fingerprint density at radius 2 is 1.79 bits per heavy atom. The van der Waals surface area contributed by atoms with Gasteiger partial charge in [0.1, 0.15) is 30.6 Å². The Labute approximate surface area is 200 Å². The Balaban J connectivity index is 1.36. The van der Waals surface area contributed by atoms with E-state index in [0.29, 0.717) is 31.3 Å². The molecule has 10 nitrogen and oxygen atoms in total. The summed E-state index contributed by atoms with van der Waals surface area (Å²) in [4.78, 5) is 34.7. The van der Waals surface area contributed by atoms with Crippen LogP contribution < -0.4 is 11.5 Å². The highest BCUT2D eigenvalue weighted by Gasteiger charge is 2.36. The summed E-state index contributed by atoms with van der Waals surface area (Å²) in [6.45, 7) is 3.33. The Hall–Kier alpha value is -3.25. The predicted octanol–water partition coefficient (Wildman–Crippen LogP) is 1.70. The van der Waals surface area contributed by atoms with Crippen molar-refractivity contribution in [3.63, 3.8) is 0 Å². The molecular weight excluding hydrogens is 452 g/mol. The summed E-state index contributed by atoms with van der Waals surface area (Å²) in [5.74, 6) is 0.956. The van der Waals surface area contributed by atoms with Crippen LogP contribution in [0, 0.1) is 0 Å². The number of nitrogens with two attached hydrogens (primary N) is 2. The van der Waals surface area contributed by atoms with E-state index in [-0.39, 0.29) is 12.1 Å². The minimum atomic E-state index is -0.306. The molecule has 1 unspecified atom stereocenters. The molecule has 5 rings (SSSR count). The Morgan fingerprint density at radius 1 is 1.03 bits per heavy atom. The van der Waals surface area contributed by atoms with Gasteiger partial charge in [0.15, 0.2) is 0 Å². The van der Waals surface area contributed by atoms with Crippen LogP contribution in [-0.4, -0.2) is 74.9 Å². The van der Waals surface area contributed by atoms with Crippen LogP contribution in [0.3, 0.4) is 0 Å². The molecule has 4 N–H and O–H groups in total. The van der Waals surface area contributed by atoms with Crippen LogP contribution >= 0.6 is 11.3 Å². The standard InChI is InChI=1S/C23H26N8O2S/c1-33-11-20-19(10-32)30(8-14-2-3-16-17(6-14)26-12-28-22(16)24)4-5-31(20)9-15-7-18-21(34-15)23(25)29-13-27-18/h2-3,6-7,10,12-13,19-20H,4-5,8-9,11H2,1H3,(H2,24,26,28)(H2,25,27,29)/t19?,20-/m1/s1. The number of hydrogen-bond donors (Lipinski definition) is 2. The summed E-state index contributed by atoms with van der Waals surface area (Å²) in [5.41, 5.74) is 14.7. The van der Waals surface area contributed by atoms with Crippen molar-refractivity contribution >= 4 is 50.4 Å². The average Bonchev–Trinajstić information content (AvgIpc) is 3.25. The van der Waals surface area contributed by atoms with E-state index in [0.717, 1.165) is 50.9 Å². The molecule has 0 spiro atoms. The number of thiophene rings is 1. The molecule has 4 heterocycles. The molecule has 0 bridgehead atoms. The lowest BCUT2D eigenvalue weighted by Gasteiger charge is -2.45. The van der Waals surface area contributed by atoms with Crippen molar-refractivity contribution in [3.05, 3.63) is 47.4 Å². The lowest BCUT2D eigenvalue weighted by molar-refractivity contribution is -0.120. The van der Waals surface area contributed by atoms with Gasteiger partial charge in [-0.25, -0.2) is 19.9 Å². The predicted molar refractivity (Wildman–Crippen MR) is 132 cm³/mol. The molecule has 2 atom stereocenters. The molecule has 0 radical (unpaired) electrons. The van der Waals surface area contributed by atoms with E-state index >= 15 is 0 Å². The number of hydrogen-bond acceptors (Lipinski definition) is 11. The zero-order valence-corrected chi connectivity index (χ0v) is 19.6. The molecule has 0 aliphatic carbocycles. The second-order valence-electron chi connectivity index (χ2n) is 8.39. The summed E-state index contributed by atoms with van der Waals surface area (Å²) in [6.07, 6.45) is 3.98. The second-order valence-corrected chi connectivity index (χ2v) is 9.52. The Kier molecular flexibility index (Phi) is 6.33. The number of aldehydes is 1. The minimum Gasteiger partial charge on any atom is -0.383 e. The van der Waals surface area contributed by atoms with Crippen LogP contribution in [-0.2, 0) is 22.6 Å². The molecule has 1 aromatic carbocycles. The Morgan fingerprint density at radius 3 is 2.56 bits per heavy atom. The first-order valence-corrected chi connectivity index (χ1v) is 11.8. The third-order valence-electron chi connectivity index (χ3n) is 6.30. The topological polar surface area (TPSA) is 136 Å². The van der Waals surface area contributed by atoms with Gasteiger partial charge in [-0.05, 0) is 23.8 Å². The quantitative estimate of drug-likeness (QED) is 0.378. The molecule has 11 heteroatoms. The number of benzene rings is 1. The van der Waals surface area contributed by atoms with Gasteiger partial charge in [0, 0.05) is 43.6 Å². The number of carbonyl (C=O) groups excluding carboxylic acids is 1. The number of aromatic nitrogens is 4. The molecule has 0 saturated carbocycles. The highest BCUT2D eigenvalue weighted by Crippen LogP contribution is 2.30. The number of carbonyl (C=O) groups is 1. The first-order chi connectivity index (χ1) is 16.6. The monoisotopic (exact) mass is 478 g/mol. The molecule has 0 amide bonds. The fourth-order valence-corrected chi connectivity index (χ4v) is 5.66. The van der Waals surface area contributed by atoms with Gasteiger partial charge in [0.05, 0.1) is 34.4 Å². The zero-order valence-electron chi connectivity index (χ0n) is 18.8. The normalized spacial score (nSPS) is 19.7. The summed E-state index contributed by atoms with van der Waals surface area (Å²) < 4.78 is 6.43. The fraction of sp³-hybridized carbons (Fsp3) is 0.348. The van der Waals surface area contributed by atoms with E-state index in [1.807, 2.05) is 24.3 Å². The van der Waals surface area contributed by atoms with Crippen LogP contribution in [0.25, 0.3) is 21.1 Å². The van der Waals surface area contributed by atoms with Crippen molar-refractivity contribution in [2.45, 2.75) is 25.2 Å². The fourth-order valence-electron chi connectivity index (χ4n) is 4.62. The lowest BCUT2D eigenvalue weighted by atomic mass is 10.0. The maximum absolute atomic E-state index is 12.3. The van der Waals surface area contributed by atoms with Gasteiger partial charge in [-0.3, -0.25) is 9.80 Å². The van der Waals surface area contributed by atoms with Gasteiger partial charge < -0.3 is 21.0 Å². The van der Waals surface area contributed by atoms with Crippen molar-refractivity contribution in [3.8, 4) is 0 Å². The molecule has 1 fully saturated rings. The SMILES string of the molecule is COC[C@@H]1C(C=O)N(Cc2ccc3c(N)ncnc3c2)CCN1Cc1cc2ncnc(N)c2s1. The van der Waals surface area contributed by atoms with E-state index in [1.165, 1.54) is 12.7 Å². The molecular formula is C23H26N8O2S. The number of piperazine rings is 1. The van der Waals surface area contributed by atoms with Crippen LogP contribution in [0.5, 0.6) is 0 Å². The summed E-state index contributed by atoms with van der Waals surface area (Å²) in [6, 6.07) is 7.63. The highest BCUT2D eigenvalue weighted by molar-refractivity contribution is 7.19. The third kappa shape index (κ3) is 4.30. The van der Waals surface area contributed by atoms with Gasteiger partial charge in [-0.1, -0.05) is 6.07 Å². The number of ether oxygens (including phenoxy) is 1. The van der Waals surface area contributed by atoms with Gasteiger partial charge in [-0.2, -0.15) is 0 Å². The second kappa shape index (κ2) is 9.55. The molecule has 4 aromatic rings. The van der Waals surface area contributed by atoms with Crippen LogP contribution in [0.2, 0.25) is 0 Å². The third-order valence-corrected chi connectivity index (χ3v) is 7.43. The molecule has 34 heavy (non-hydrogen) atoms. The number of methoxy groups -OCH3 is 1. The molecule has 1 aliphatic rings. The van der Waals surface area contributed by atoms with Crippen molar-refractivity contribution in [1.29, 1.82) is 0 Å². The van der Waals surface area contributed by atoms with Crippen LogP contribution in [0.15, 0.2) is 36.9 Å². The van der Waals surface area contributed by atoms with E-state index < -0.39 is 0 Å². The van der Waals surface area contributed by atoms with Crippen molar-refractivity contribution in [1.82, 2.24) is 29.7 Å². The maximum atomic E-state index is 12.3. The largest absolute Gasteiger partial charge is 0.383 e. The number of anilines is 2. The minimum absolute atomic E-state index is 0.0803. The molecule has 1 aliphatic heterocycles. The number of fused-ring (bicyclic) bond motifs is 2. The molecule has 3 aromatic heterocycles. The van der Waals surface area contributed by atoms with Crippen LogP contribution in [0.4, 0.5) is 11.6 Å². The van der Waals surface area contributed by atoms with Gasteiger partial charge in [-0.15, -0.1) is 11.3 Å². The smallest absolute Gasteiger partial charge is 0.144 e. The van der Waals surface area contributed by atoms with Crippen molar-refractivity contribution in [2.24, 2.45) is 0 Å². The lowest BCUT2D eigenvalue weighted by Crippen LogP contribution is -2.61. The van der Waals surface area contributed by atoms with Crippen LogP contribution in [0.1, 0.15) is 10.4 Å². The van der Waals surface area contributed by atoms with Gasteiger partial charge in [0.25, 0.3) is 0 Å². The zero-order chi connectivity index (χ0) is 23.7. The van der Waals surface area contributed by atoms with Crippen molar-refractivity contribution in [2.75, 3.05) is 38.3 Å². The first-order valence-electron chi connectivity index (χ1n) is 11.0. The number of nitrogens with zero attached hydrogens (tertiary/aromatic N) is 6. The maximum Gasteiger partial charge on any atom is 0.144 e. The first kappa shape index (κ1) is 22.5. The average molecular weight is 479 g/mol. The van der Waals surface area contributed by atoms with E-state index in [2.05, 4.69) is 29.7 Å². The number of rotatable bonds is 7. The summed E-state index contributed by atoms with van der Waals surface area (Å²) >= 11 is 1.60. The molecule has 176 valence electrons. The summed E-state index contributed by atoms with van der Waals surface area (Å²) in [5, 5.41) is 0.828.